The van der Waals surface area contributed by atoms with Crippen LogP contribution in [0.1, 0.15) is 24.2 Å². The minimum absolute atomic E-state index is 0.466. The third kappa shape index (κ3) is 3.77. The van der Waals surface area contributed by atoms with Crippen molar-refractivity contribution in [2.75, 3.05) is 7.11 Å². The zero-order valence-electron chi connectivity index (χ0n) is 11.0. The molecule has 0 saturated heterocycles. The quantitative estimate of drug-likeness (QED) is 0.896. The Hall–Kier alpha value is -1.91. The van der Waals surface area contributed by atoms with Crippen molar-refractivity contribution in [3.63, 3.8) is 0 Å². The fourth-order valence-electron chi connectivity index (χ4n) is 1.73. The Morgan fingerprint density at radius 3 is 2.84 bits per heavy atom. The molecule has 100 valence electrons. The molecule has 0 fully saturated rings. The van der Waals surface area contributed by atoms with Crippen LogP contribution in [0.3, 0.4) is 0 Å². The molecule has 1 N–H and O–H groups in total. The van der Waals surface area contributed by atoms with E-state index in [1.54, 1.807) is 32.4 Å². The van der Waals surface area contributed by atoms with E-state index in [2.05, 4.69) is 4.98 Å². The lowest BCUT2D eigenvalue weighted by molar-refractivity contribution is 0.184. The number of aliphatic hydroxyl groups excluding tert-OH is 1. The summed E-state index contributed by atoms with van der Waals surface area (Å²) >= 11 is 0. The first-order valence-corrected chi connectivity index (χ1v) is 6.09. The first-order chi connectivity index (χ1) is 9.19. The van der Waals surface area contributed by atoms with Gasteiger partial charge in [0.15, 0.2) is 0 Å². The number of ether oxygens (including phenoxy) is 2. The summed E-state index contributed by atoms with van der Waals surface area (Å²) in [5, 5.41) is 9.53. The predicted octanol–water partition coefficient (Wildman–Crippen LogP) is 3.07. The Bertz CT molecular complexity index is 540. The number of aromatic nitrogens is 1. The minimum Gasteiger partial charge on any atom is -0.439 e. The molecule has 2 aromatic rings. The van der Waals surface area contributed by atoms with Crippen molar-refractivity contribution in [1.29, 1.82) is 0 Å². The van der Waals surface area contributed by atoms with Crippen LogP contribution in [0.15, 0.2) is 42.6 Å². The van der Waals surface area contributed by atoms with Gasteiger partial charge >= 0.3 is 0 Å². The maximum atomic E-state index is 9.53. The Morgan fingerprint density at radius 1 is 1.26 bits per heavy atom. The molecule has 0 aliphatic rings. The standard InChI is InChI=1S/C15H17NO3/c1-11(17)13-6-7-16-15(9-13)19-14-5-3-4-12(8-14)10-18-2/h3-9,11,17H,10H2,1-2H3/t11-/m0/s1. The monoisotopic (exact) mass is 259 g/mol. The van der Waals surface area contributed by atoms with Crippen molar-refractivity contribution in [1.82, 2.24) is 4.98 Å². The van der Waals surface area contributed by atoms with E-state index >= 15 is 0 Å². The molecule has 1 atom stereocenters. The fraction of sp³-hybridized carbons (Fsp3) is 0.267. The van der Waals surface area contributed by atoms with E-state index < -0.39 is 6.10 Å². The third-order valence-corrected chi connectivity index (χ3v) is 2.67. The molecule has 0 aliphatic carbocycles. The fourth-order valence-corrected chi connectivity index (χ4v) is 1.73. The highest BCUT2D eigenvalue weighted by molar-refractivity contribution is 5.32. The molecule has 0 amide bonds. The number of nitrogens with zero attached hydrogens (tertiary/aromatic N) is 1. The summed E-state index contributed by atoms with van der Waals surface area (Å²) in [4.78, 5) is 4.13. The van der Waals surface area contributed by atoms with Crippen LogP contribution in [0, 0.1) is 0 Å². The molecule has 1 heterocycles. The van der Waals surface area contributed by atoms with Crippen LogP contribution in [-0.2, 0) is 11.3 Å². The second kappa shape index (κ2) is 6.31. The van der Waals surface area contributed by atoms with Crippen LogP contribution < -0.4 is 4.74 Å². The Kier molecular flexibility index (Phi) is 4.49. The molecule has 0 bridgehead atoms. The number of pyridine rings is 1. The molecule has 19 heavy (non-hydrogen) atoms. The van der Waals surface area contributed by atoms with Gasteiger partial charge in [-0.3, -0.25) is 0 Å². The molecule has 4 heteroatoms. The highest BCUT2D eigenvalue weighted by Crippen LogP contribution is 2.23. The van der Waals surface area contributed by atoms with Crippen molar-refractivity contribution in [3.05, 3.63) is 53.7 Å². The van der Waals surface area contributed by atoms with E-state index in [1.165, 1.54) is 0 Å². The zero-order chi connectivity index (χ0) is 13.7. The van der Waals surface area contributed by atoms with Crippen molar-refractivity contribution in [2.45, 2.75) is 19.6 Å². The summed E-state index contributed by atoms with van der Waals surface area (Å²) in [6.07, 6.45) is 1.08. The summed E-state index contributed by atoms with van der Waals surface area (Å²) < 4.78 is 10.8. The summed E-state index contributed by atoms with van der Waals surface area (Å²) in [6.45, 7) is 2.25. The van der Waals surface area contributed by atoms with Gasteiger partial charge in [-0.1, -0.05) is 12.1 Å². The highest BCUT2D eigenvalue weighted by Gasteiger charge is 2.05. The highest BCUT2D eigenvalue weighted by atomic mass is 16.5. The number of rotatable bonds is 5. The molecular weight excluding hydrogens is 242 g/mol. The molecule has 0 saturated carbocycles. The van der Waals surface area contributed by atoms with Crippen LogP contribution in [0.25, 0.3) is 0 Å². The summed E-state index contributed by atoms with van der Waals surface area (Å²) in [5.74, 6) is 1.16. The van der Waals surface area contributed by atoms with Crippen LogP contribution in [0.2, 0.25) is 0 Å². The molecule has 0 aliphatic heterocycles. The van der Waals surface area contributed by atoms with Gasteiger partial charge in [0.1, 0.15) is 5.75 Å². The minimum atomic E-state index is -0.537. The molecular formula is C15H17NO3. The maximum Gasteiger partial charge on any atom is 0.219 e. The number of benzene rings is 1. The Morgan fingerprint density at radius 2 is 2.11 bits per heavy atom. The van der Waals surface area contributed by atoms with Gasteiger partial charge in [0.25, 0.3) is 0 Å². The smallest absolute Gasteiger partial charge is 0.219 e. The van der Waals surface area contributed by atoms with E-state index in [1.807, 2.05) is 24.3 Å². The molecule has 1 aromatic heterocycles. The van der Waals surface area contributed by atoms with E-state index in [-0.39, 0.29) is 0 Å². The average Bonchev–Trinajstić information content (AvgIpc) is 2.40. The number of methoxy groups -OCH3 is 1. The molecule has 0 radical (unpaired) electrons. The van der Waals surface area contributed by atoms with Gasteiger partial charge in [0, 0.05) is 19.4 Å². The topological polar surface area (TPSA) is 51.6 Å². The predicted molar refractivity (Wildman–Crippen MR) is 72.1 cm³/mol. The number of hydrogen-bond acceptors (Lipinski definition) is 4. The van der Waals surface area contributed by atoms with Crippen molar-refractivity contribution < 1.29 is 14.6 Å². The lowest BCUT2D eigenvalue weighted by Crippen LogP contribution is -1.95. The molecule has 0 spiro atoms. The molecule has 1 aromatic carbocycles. The van der Waals surface area contributed by atoms with Gasteiger partial charge < -0.3 is 14.6 Å². The summed E-state index contributed by atoms with van der Waals surface area (Å²) in [5.41, 5.74) is 1.81. The number of aliphatic hydroxyl groups is 1. The first kappa shape index (κ1) is 13.5. The van der Waals surface area contributed by atoms with Crippen molar-refractivity contribution in [3.8, 4) is 11.6 Å². The van der Waals surface area contributed by atoms with E-state index in [0.717, 1.165) is 11.1 Å². The molecule has 4 nitrogen and oxygen atoms in total. The van der Waals surface area contributed by atoms with Crippen LogP contribution in [0.5, 0.6) is 11.6 Å². The van der Waals surface area contributed by atoms with E-state index in [0.29, 0.717) is 18.2 Å². The van der Waals surface area contributed by atoms with Crippen molar-refractivity contribution >= 4 is 0 Å². The lowest BCUT2D eigenvalue weighted by atomic mass is 10.2. The first-order valence-electron chi connectivity index (χ1n) is 6.09. The van der Waals surface area contributed by atoms with Gasteiger partial charge in [-0.25, -0.2) is 4.98 Å². The molecule has 2 rings (SSSR count). The summed E-state index contributed by atoms with van der Waals surface area (Å²) in [6, 6.07) is 11.1. The van der Waals surface area contributed by atoms with E-state index in [9.17, 15) is 5.11 Å². The number of hydrogen-bond donors (Lipinski definition) is 1. The van der Waals surface area contributed by atoms with Crippen LogP contribution in [0.4, 0.5) is 0 Å². The normalized spacial score (nSPS) is 12.2. The third-order valence-electron chi connectivity index (χ3n) is 2.67. The van der Waals surface area contributed by atoms with Gasteiger partial charge in [-0.2, -0.15) is 0 Å². The van der Waals surface area contributed by atoms with E-state index in [4.69, 9.17) is 9.47 Å². The second-order valence-electron chi connectivity index (χ2n) is 4.29. The Labute approximate surface area is 112 Å². The Balaban J connectivity index is 2.16. The van der Waals surface area contributed by atoms with Gasteiger partial charge in [-0.05, 0) is 36.2 Å². The second-order valence-corrected chi connectivity index (χ2v) is 4.29. The maximum absolute atomic E-state index is 9.53. The lowest BCUT2D eigenvalue weighted by Gasteiger charge is -2.09. The molecule has 0 unspecified atom stereocenters. The van der Waals surface area contributed by atoms with Gasteiger partial charge in [-0.15, -0.1) is 0 Å². The zero-order valence-corrected chi connectivity index (χ0v) is 11.0. The van der Waals surface area contributed by atoms with Gasteiger partial charge in [0.2, 0.25) is 5.88 Å². The SMILES string of the molecule is COCc1cccc(Oc2cc([C@H](C)O)ccn2)c1. The van der Waals surface area contributed by atoms with Crippen LogP contribution in [-0.4, -0.2) is 17.2 Å². The van der Waals surface area contributed by atoms with Gasteiger partial charge in [0.05, 0.1) is 12.7 Å². The van der Waals surface area contributed by atoms with Crippen molar-refractivity contribution in [2.24, 2.45) is 0 Å². The largest absolute Gasteiger partial charge is 0.439 e. The van der Waals surface area contributed by atoms with Crippen LogP contribution >= 0.6 is 0 Å². The summed E-state index contributed by atoms with van der Waals surface area (Å²) in [7, 11) is 1.65. The average molecular weight is 259 g/mol.